The zero-order chi connectivity index (χ0) is 23.4. The lowest BCUT2D eigenvalue weighted by Gasteiger charge is -2.33. The Balaban J connectivity index is 1.66. The molecule has 2 heteroatoms. The molecule has 5 aromatic rings. The summed E-state index contributed by atoms with van der Waals surface area (Å²) in [5, 5.41) is 24.2. The standard InChI is InChI=1S/C32H26O2/c33-31(25-13-5-1-6-14-25,26-15-7-2-8-16-26)29-21-23-30(24-22-29)32(34,27-17-9-3-10-18-27)28-19-11-4-12-20-28/h1-24,33-34H. The van der Waals surface area contributed by atoms with E-state index in [4.69, 9.17) is 0 Å². The van der Waals surface area contributed by atoms with E-state index in [0.717, 1.165) is 33.4 Å². The van der Waals surface area contributed by atoms with Crippen LogP contribution in [0, 0.1) is 0 Å². The van der Waals surface area contributed by atoms with Gasteiger partial charge in [-0.3, -0.25) is 0 Å². The Morgan fingerprint density at radius 1 is 0.265 bits per heavy atom. The highest BCUT2D eigenvalue weighted by molar-refractivity contribution is 5.51. The molecule has 0 aliphatic heterocycles. The SMILES string of the molecule is OC(c1ccccc1)(c1ccccc1)c1ccc(C(O)(c2ccccc2)c2ccccc2)cc1. The van der Waals surface area contributed by atoms with Crippen molar-refractivity contribution in [2.45, 2.75) is 11.2 Å². The maximum absolute atomic E-state index is 12.1. The van der Waals surface area contributed by atoms with Crippen molar-refractivity contribution >= 4 is 0 Å². The first kappa shape index (κ1) is 21.8. The van der Waals surface area contributed by atoms with Crippen molar-refractivity contribution in [1.82, 2.24) is 0 Å². The molecule has 0 fully saturated rings. The molecule has 0 aromatic heterocycles. The molecule has 2 N–H and O–H groups in total. The van der Waals surface area contributed by atoms with Crippen LogP contribution >= 0.6 is 0 Å². The van der Waals surface area contributed by atoms with Gasteiger partial charge in [-0.15, -0.1) is 0 Å². The monoisotopic (exact) mass is 442 g/mol. The molecule has 0 unspecified atom stereocenters. The molecule has 0 radical (unpaired) electrons. The summed E-state index contributed by atoms with van der Waals surface area (Å²) in [5.74, 6) is 0. The summed E-state index contributed by atoms with van der Waals surface area (Å²) in [4.78, 5) is 0. The second kappa shape index (κ2) is 9.11. The van der Waals surface area contributed by atoms with Crippen LogP contribution in [0.25, 0.3) is 0 Å². The van der Waals surface area contributed by atoms with Gasteiger partial charge in [0.05, 0.1) is 0 Å². The second-order valence-electron chi connectivity index (χ2n) is 8.46. The molecule has 0 bridgehead atoms. The Bertz CT molecular complexity index is 1140. The fraction of sp³-hybridized carbons (Fsp3) is 0.0625. The Hall–Kier alpha value is -3.98. The van der Waals surface area contributed by atoms with Crippen LogP contribution in [0.3, 0.4) is 0 Å². The van der Waals surface area contributed by atoms with Gasteiger partial charge in [0.1, 0.15) is 11.2 Å². The average Bonchev–Trinajstić information content (AvgIpc) is 2.94. The zero-order valence-corrected chi connectivity index (χ0v) is 18.8. The van der Waals surface area contributed by atoms with Crippen LogP contribution in [-0.4, -0.2) is 10.2 Å². The lowest BCUT2D eigenvalue weighted by atomic mass is 9.77. The molecule has 34 heavy (non-hydrogen) atoms. The minimum Gasteiger partial charge on any atom is -0.376 e. The van der Waals surface area contributed by atoms with Gasteiger partial charge in [-0.2, -0.15) is 0 Å². The van der Waals surface area contributed by atoms with Crippen LogP contribution in [0.5, 0.6) is 0 Å². The van der Waals surface area contributed by atoms with Gasteiger partial charge in [0.15, 0.2) is 0 Å². The van der Waals surface area contributed by atoms with Crippen LogP contribution in [0.2, 0.25) is 0 Å². The third-order valence-corrected chi connectivity index (χ3v) is 6.49. The number of benzene rings is 5. The number of aliphatic hydroxyl groups is 2. The van der Waals surface area contributed by atoms with E-state index >= 15 is 0 Å². The quantitative estimate of drug-likeness (QED) is 0.305. The smallest absolute Gasteiger partial charge is 0.140 e. The summed E-state index contributed by atoms with van der Waals surface area (Å²) in [6, 6.07) is 46.3. The maximum Gasteiger partial charge on any atom is 0.140 e. The van der Waals surface area contributed by atoms with Crippen LogP contribution in [0.1, 0.15) is 33.4 Å². The second-order valence-corrected chi connectivity index (χ2v) is 8.46. The summed E-state index contributed by atoms with van der Waals surface area (Å²) in [7, 11) is 0. The number of hydrogen-bond acceptors (Lipinski definition) is 2. The minimum absolute atomic E-state index is 0.733. The topological polar surface area (TPSA) is 40.5 Å². The Morgan fingerprint density at radius 2 is 0.441 bits per heavy atom. The summed E-state index contributed by atoms with van der Waals surface area (Å²) >= 11 is 0. The summed E-state index contributed by atoms with van der Waals surface area (Å²) in [5.41, 5.74) is 1.97. The molecule has 0 aliphatic carbocycles. The fourth-order valence-corrected chi connectivity index (χ4v) is 4.67. The van der Waals surface area contributed by atoms with Crippen molar-refractivity contribution in [2.75, 3.05) is 0 Å². The van der Waals surface area contributed by atoms with E-state index in [0.29, 0.717) is 0 Å². The van der Waals surface area contributed by atoms with Gasteiger partial charge >= 0.3 is 0 Å². The predicted octanol–water partition coefficient (Wildman–Crippen LogP) is 6.26. The van der Waals surface area contributed by atoms with E-state index in [1.807, 2.05) is 146 Å². The minimum atomic E-state index is -1.32. The van der Waals surface area contributed by atoms with E-state index in [2.05, 4.69) is 0 Å². The highest BCUT2D eigenvalue weighted by Crippen LogP contribution is 2.40. The number of rotatable bonds is 6. The molecule has 0 atom stereocenters. The van der Waals surface area contributed by atoms with E-state index < -0.39 is 11.2 Å². The van der Waals surface area contributed by atoms with Crippen LogP contribution < -0.4 is 0 Å². The molecule has 5 aromatic carbocycles. The van der Waals surface area contributed by atoms with E-state index in [-0.39, 0.29) is 0 Å². The average molecular weight is 443 g/mol. The first-order chi connectivity index (χ1) is 16.6. The molecule has 166 valence electrons. The first-order valence-corrected chi connectivity index (χ1v) is 11.4. The molecule has 5 rings (SSSR count). The third-order valence-electron chi connectivity index (χ3n) is 6.49. The van der Waals surface area contributed by atoms with E-state index in [1.165, 1.54) is 0 Å². The third kappa shape index (κ3) is 3.73. The highest BCUT2D eigenvalue weighted by atomic mass is 16.3. The first-order valence-electron chi connectivity index (χ1n) is 11.4. The van der Waals surface area contributed by atoms with Crippen molar-refractivity contribution in [2.24, 2.45) is 0 Å². The lowest BCUT2D eigenvalue weighted by molar-refractivity contribution is 0.121. The van der Waals surface area contributed by atoms with Crippen molar-refractivity contribution in [1.29, 1.82) is 0 Å². The summed E-state index contributed by atoms with van der Waals surface area (Å²) in [6.07, 6.45) is 0. The van der Waals surface area contributed by atoms with Gasteiger partial charge in [-0.05, 0) is 33.4 Å². The van der Waals surface area contributed by atoms with Crippen molar-refractivity contribution < 1.29 is 10.2 Å². The molecular formula is C32H26O2. The largest absolute Gasteiger partial charge is 0.376 e. The summed E-state index contributed by atoms with van der Waals surface area (Å²) < 4.78 is 0. The Morgan fingerprint density at radius 3 is 0.647 bits per heavy atom. The van der Waals surface area contributed by atoms with E-state index in [9.17, 15) is 10.2 Å². The summed E-state index contributed by atoms with van der Waals surface area (Å²) in [6.45, 7) is 0. The Kier molecular flexibility index (Phi) is 5.85. The molecule has 0 aliphatic rings. The normalized spacial score (nSPS) is 11.8. The van der Waals surface area contributed by atoms with Crippen molar-refractivity contribution in [3.05, 3.63) is 179 Å². The molecule has 0 saturated heterocycles. The lowest BCUT2D eigenvalue weighted by Crippen LogP contribution is -2.31. The van der Waals surface area contributed by atoms with Gasteiger partial charge in [0.25, 0.3) is 0 Å². The molecule has 2 nitrogen and oxygen atoms in total. The molecule has 0 amide bonds. The van der Waals surface area contributed by atoms with Crippen LogP contribution in [0.15, 0.2) is 146 Å². The van der Waals surface area contributed by atoms with Gasteiger partial charge in [0, 0.05) is 0 Å². The Labute approximate surface area is 200 Å². The van der Waals surface area contributed by atoms with Gasteiger partial charge in [-0.1, -0.05) is 146 Å². The zero-order valence-electron chi connectivity index (χ0n) is 18.8. The predicted molar refractivity (Wildman–Crippen MR) is 136 cm³/mol. The van der Waals surface area contributed by atoms with Gasteiger partial charge in [0.2, 0.25) is 0 Å². The molecule has 0 spiro atoms. The van der Waals surface area contributed by atoms with Crippen LogP contribution in [-0.2, 0) is 11.2 Å². The van der Waals surface area contributed by atoms with E-state index in [1.54, 1.807) is 0 Å². The van der Waals surface area contributed by atoms with Gasteiger partial charge < -0.3 is 10.2 Å². The molecule has 0 heterocycles. The fourth-order valence-electron chi connectivity index (χ4n) is 4.67. The van der Waals surface area contributed by atoms with Gasteiger partial charge in [-0.25, -0.2) is 0 Å². The molecule has 0 saturated carbocycles. The molecular weight excluding hydrogens is 416 g/mol. The van der Waals surface area contributed by atoms with Crippen molar-refractivity contribution in [3.63, 3.8) is 0 Å². The maximum atomic E-state index is 12.1. The van der Waals surface area contributed by atoms with Crippen LogP contribution in [0.4, 0.5) is 0 Å². The van der Waals surface area contributed by atoms with Crippen molar-refractivity contribution in [3.8, 4) is 0 Å². The highest BCUT2D eigenvalue weighted by Gasteiger charge is 2.36. The number of hydrogen-bond donors (Lipinski definition) is 2.